The van der Waals surface area contributed by atoms with Crippen molar-refractivity contribution in [1.29, 1.82) is 5.26 Å². The number of nitriles is 1. The minimum Gasteiger partial charge on any atom is -0.186 e. The molecule has 0 aliphatic heterocycles. The van der Waals surface area contributed by atoms with Crippen LogP contribution in [0.1, 0.15) is 13.8 Å². The summed E-state index contributed by atoms with van der Waals surface area (Å²) in [7, 11) is 0.814. The molecule has 0 rings (SSSR count). The standard InChI is InChI=1S/C6H13NS2/c1-4-9(5-2,6-7)8-3/h4-5H2,1-3H3. The first kappa shape index (κ1) is 9.19. The van der Waals surface area contributed by atoms with Crippen molar-refractivity contribution >= 4 is 19.9 Å². The summed E-state index contributed by atoms with van der Waals surface area (Å²) in [5, 5.41) is 11.2. The summed E-state index contributed by atoms with van der Waals surface area (Å²) < 4.78 is 0. The molecule has 0 unspecified atom stereocenters. The summed E-state index contributed by atoms with van der Waals surface area (Å²) in [5.41, 5.74) is 0. The molecule has 0 saturated carbocycles. The summed E-state index contributed by atoms with van der Waals surface area (Å²) in [4.78, 5) is 0. The second-order valence-electron chi connectivity index (χ2n) is 1.65. The summed E-state index contributed by atoms with van der Waals surface area (Å²) in [6.45, 7) is 4.19. The molecule has 0 fully saturated rings. The zero-order valence-corrected chi connectivity index (χ0v) is 7.81. The van der Waals surface area contributed by atoms with Gasteiger partial charge in [0.25, 0.3) is 0 Å². The molecule has 3 heteroatoms. The van der Waals surface area contributed by atoms with E-state index < -0.39 is 9.06 Å². The molecular formula is C6H13NS2. The lowest BCUT2D eigenvalue weighted by molar-refractivity contribution is 1.43. The van der Waals surface area contributed by atoms with Gasteiger partial charge in [0.2, 0.25) is 0 Å². The van der Waals surface area contributed by atoms with Gasteiger partial charge in [-0.2, -0.15) is 5.26 Å². The van der Waals surface area contributed by atoms with Crippen molar-refractivity contribution < 1.29 is 0 Å². The van der Waals surface area contributed by atoms with Gasteiger partial charge in [-0.25, -0.2) is 0 Å². The van der Waals surface area contributed by atoms with Gasteiger partial charge in [-0.1, -0.05) is 13.8 Å². The highest BCUT2D eigenvalue weighted by molar-refractivity contribution is 8.95. The molecule has 0 aromatic carbocycles. The smallest absolute Gasteiger partial charge is 0.123 e. The first-order valence-electron chi connectivity index (χ1n) is 2.99. The normalized spacial score (nSPS) is 12.7. The lowest BCUT2D eigenvalue weighted by Gasteiger charge is -2.25. The molecule has 0 N–H and O–H groups in total. The molecule has 0 aliphatic rings. The summed E-state index contributed by atoms with van der Waals surface area (Å²) in [6, 6.07) is 0. The molecule has 0 aromatic rings. The molecule has 0 aromatic heterocycles. The SMILES string of the molecule is CCS(C#N)(CC)SC. The molecule has 54 valence electrons. The van der Waals surface area contributed by atoms with Gasteiger partial charge in [-0.05, 0) is 17.8 Å². The van der Waals surface area contributed by atoms with Crippen LogP contribution in [0.3, 0.4) is 0 Å². The Labute approximate surface area is 62.5 Å². The van der Waals surface area contributed by atoms with E-state index in [1.807, 2.05) is 6.26 Å². The van der Waals surface area contributed by atoms with Crippen molar-refractivity contribution in [3.8, 4) is 5.40 Å². The van der Waals surface area contributed by atoms with Crippen LogP contribution in [-0.4, -0.2) is 17.8 Å². The molecule has 0 bridgehead atoms. The zero-order valence-electron chi connectivity index (χ0n) is 6.18. The maximum atomic E-state index is 8.74. The third-order valence-corrected chi connectivity index (χ3v) is 7.81. The Morgan fingerprint density at radius 2 is 1.89 bits per heavy atom. The molecule has 0 heterocycles. The largest absolute Gasteiger partial charge is 0.186 e. The van der Waals surface area contributed by atoms with Crippen LogP contribution in [0.4, 0.5) is 0 Å². The predicted octanol–water partition coefficient (Wildman–Crippen LogP) is 2.59. The Morgan fingerprint density at radius 3 is 1.89 bits per heavy atom. The Hall–Kier alpha value is 0.190. The first-order chi connectivity index (χ1) is 4.24. The van der Waals surface area contributed by atoms with Gasteiger partial charge in [-0.15, -0.1) is 19.9 Å². The number of nitrogens with zero attached hydrogens (tertiary/aromatic N) is 1. The first-order valence-corrected chi connectivity index (χ1v) is 6.71. The van der Waals surface area contributed by atoms with Crippen LogP contribution in [0, 0.1) is 10.7 Å². The van der Waals surface area contributed by atoms with E-state index in [9.17, 15) is 0 Å². The monoisotopic (exact) mass is 163 g/mol. The summed E-state index contributed by atoms with van der Waals surface area (Å²) in [6.07, 6.45) is 2.03. The Morgan fingerprint density at radius 1 is 1.44 bits per heavy atom. The van der Waals surface area contributed by atoms with Crippen LogP contribution in [0.25, 0.3) is 0 Å². The maximum Gasteiger partial charge on any atom is 0.123 e. The molecule has 0 atom stereocenters. The van der Waals surface area contributed by atoms with Crippen LogP contribution in [0.15, 0.2) is 0 Å². The number of hydrogen-bond acceptors (Lipinski definition) is 2. The fourth-order valence-corrected chi connectivity index (χ4v) is 3.46. The fraction of sp³-hybridized carbons (Fsp3) is 0.833. The van der Waals surface area contributed by atoms with Crippen molar-refractivity contribution in [3.63, 3.8) is 0 Å². The van der Waals surface area contributed by atoms with E-state index in [1.54, 1.807) is 10.8 Å². The van der Waals surface area contributed by atoms with Gasteiger partial charge in [0.1, 0.15) is 5.40 Å². The van der Waals surface area contributed by atoms with Gasteiger partial charge in [0, 0.05) is 0 Å². The van der Waals surface area contributed by atoms with Gasteiger partial charge in [0.05, 0.1) is 0 Å². The lowest BCUT2D eigenvalue weighted by Crippen LogP contribution is -1.96. The van der Waals surface area contributed by atoms with Crippen molar-refractivity contribution in [3.05, 3.63) is 0 Å². The fourth-order valence-electron chi connectivity index (χ4n) is 0.606. The van der Waals surface area contributed by atoms with E-state index in [4.69, 9.17) is 5.26 Å². The van der Waals surface area contributed by atoms with Gasteiger partial charge in [0.15, 0.2) is 0 Å². The van der Waals surface area contributed by atoms with E-state index in [1.165, 1.54) is 0 Å². The van der Waals surface area contributed by atoms with Gasteiger partial charge in [-0.3, -0.25) is 0 Å². The third-order valence-electron chi connectivity index (χ3n) is 1.42. The molecule has 0 saturated heterocycles. The topological polar surface area (TPSA) is 23.8 Å². The molecule has 0 amide bonds. The number of thiocyanates is 1. The third kappa shape index (κ3) is 2.11. The Balaban J connectivity index is 4.04. The number of rotatable bonds is 3. The average molecular weight is 163 g/mol. The van der Waals surface area contributed by atoms with Crippen LogP contribution < -0.4 is 0 Å². The lowest BCUT2D eigenvalue weighted by atomic mass is 11.0. The number of hydrogen-bond donors (Lipinski definition) is 0. The highest BCUT2D eigenvalue weighted by Crippen LogP contribution is 2.56. The van der Waals surface area contributed by atoms with E-state index >= 15 is 0 Å². The second-order valence-corrected chi connectivity index (χ2v) is 7.86. The maximum absolute atomic E-state index is 8.74. The van der Waals surface area contributed by atoms with E-state index in [-0.39, 0.29) is 0 Å². The van der Waals surface area contributed by atoms with E-state index in [2.05, 4.69) is 19.2 Å². The van der Waals surface area contributed by atoms with Crippen molar-refractivity contribution in [1.82, 2.24) is 0 Å². The van der Waals surface area contributed by atoms with Crippen molar-refractivity contribution in [2.45, 2.75) is 13.8 Å². The Kier molecular flexibility index (Phi) is 4.16. The van der Waals surface area contributed by atoms with Crippen molar-refractivity contribution in [2.24, 2.45) is 0 Å². The van der Waals surface area contributed by atoms with Crippen molar-refractivity contribution in [2.75, 3.05) is 17.8 Å². The highest BCUT2D eigenvalue weighted by Gasteiger charge is 2.16. The van der Waals surface area contributed by atoms with E-state index in [0.717, 1.165) is 11.5 Å². The Bertz CT molecular complexity index is 104. The molecule has 9 heavy (non-hydrogen) atoms. The quantitative estimate of drug-likeness (QED) is 0.471. The van der Waals surface area contributed by atoms with Crippen LogP contribution >= 0.6 is 19.9 Å². The minimum absolute atomic E-state index is 0.926. The molecule has 1 nitrogen and oxygen atoms in total. The highest BCUT2D eigenvalue weighted by atomic mass is 33.2. The summed E-state index contributed by atoms with van der Waals surface area (Å²) in [5.74, 6) is 2.06. The van der Waals surface area contributed by atoms with E-state index in [0.29, 0.717) is 0 Å². The molecular weight excluding hydrogens is 150 g/mol. The second kappa shape index (κ2) is 4.08. The average Bonchev–Trinajstić information content (AvgIpc) is 1.95. The van der Waals surface area contributed by atoms with Crippen LogP contribution in [0.2, 0.25) is 0 Å². The molecule has 0 aliphatic carbocycles. The molecule has 0 radical (unpaired) electrons. The zero-order chi connectivity index (χ0) is 7.33. The minimum atomic E-state index is -0.926. The van der Waals surface area contributed by atoms with Gasteiger partial charge < -0.3 is 0 Å². The van der Waals surface area contributed by atoms with Crippen LogP contribution in [-0.2, 0) is 0 Å². The summed E-state index contributed by atoms with van der Waals surface area (Å²) >= 11 is 0. The molecule has 0 spiro atoms. The van der Waals surface area contributed by atoms with Gasteiger partial charge >= 0.3 is 0 Å². The predicted molar refractivity (Wildman–Crippen MR) is 47.8 cm³/mol. The van der Waals surface area contributed by atoms with Crippen LogP contribution in [0.5, 0.6) is 0 Å².